The van der Waals surface area contributed by atoms with Gasteiger partial charge >= 0.3 is 6.01 Å². The molecule has 244 valence electrons. The predicted octanol–water partition coefficient (Wildman–Crippen LogP) is 3.81. The van der Waals surface area contributed by atoms with E-state index in [0.29, 0.717) is 30.9 Å². The minimum Gasteiger partial charge on any atom is -0.508 e. The van der Waals surface area contributed by atoms with Gasteiger partial charge in [0.1, 0.15) is 28.3 Å². The normalized spacial score (nSPS) is 21.7. The molecule has 2 bridgehead atoms. The highest BCUT2D eigenvalue weighted by Crippen LogP contribution is 2.46. The highest BCUT2D eigenvalue weighted by atomic mass is 19.1. The number of aromatic nitrogens is 3. The molecule has 2 aromatic carbocycles. The highest BCUT2D eigenvalue weighted by Gasteiger charge is 2.44. The van der Waals surface area contributed by atoms with Crippen LogP contribution in [0.3, 0.4) is 0 Å². The number of halogens is 2. The maximum absolute atomic E-state index is 17.5. The fraction of sp³-hybridized carbons (Fsp3) is 0.457. The Balaban J connectivity index is 1.39. The number of phenols is 1. The van der Waals surface area contributed by atoms with E-state index in [4.69, 9.17) is 20.9 Å². The SMILES string of the molecule is C#Cc1c(F)ccc2cc(O)cc(-c3c(F)c4nc(OCC5(CN(C)C)CC5)nc(N5CC6CCC(C5)N6)c4c(=O)n3C3COC3)c12. The van der Waals surface area contributed by atoms with Crippen LogP contribution in [0.2, 0.25) is 0 Å². The first-order valence-electron chi connectivity index (χ1n) is 16.1. The number of fused-ring (bicyclic) bond motifs is 4. The summed E-state index contributed by atoms with van der Waals surface area (Å²) >= 11 is 0. The standard InChI is InChI=1S/C35H36F2N6O4/c1-4-24-26(36)8-5-19-11-23(44)12-25(27(19)24)31-29(37)30-28(33(45)43(31)22-15-46-16-22)32(42-13-20-6-7-21(14-42)38-20)40-34(39-30)47-18-35(9-10-35)17-41(2)3/h1,5,8,11-12,20-22,38,44H,6-7,9-10,13-18H2,2-3H3. The summed E-state index contributed by atoms with van der Waals surface area (Å²) in [6.07, 6.45) is 9.76. The van der Waals surface area contributed by atoms with Crippen molar-refractivity contribution in [2.75, 3.05) is 58.5 Å². The third-order valence-corrected chi connectivity index (χ3v) is 10.0. The van der Waals surface area contributed by atoms with Crippen LogP contribution >= 0.6 is 0 Å². The minimum atomic E-state index is -0.813. The molecule has 4 aliphatic rings. The molecule has 1 aliphatic carbocycles. The monoisotopic (exact) mass is 642 g/mol. The van der Waals surface area contributed by atoms with Crippen molar-refractivity contribution in [3.05, 3.63) is 51.8 Å². The van der Waals surface area contributed by atoms with Crippen LogP contribution in [0.5, 0.6) is 11.8 Å². The van der Waals surface area contributed by atoms with E-state index >= 15 is 8.78 Å². The predicted molar refractivity (Wildman–Crippen MR) is 174 cm³/mol. The van der Waals surface area contributed by atoms with Crippen molar-refractivity contribution >= 4 is 27.5 Å². The van der Waals surface area contributed by atoms with Crippen LogP contribution < -0.4 is 20.5 Å². The molecule has 0 spiro atoms. The number of rotatable bonds is 8. The number of anilines is 1. The summed E-state index contributed by atoms with van der Waals surface area (Å²) < 4.78 is 45.6. The van der Waals surface area contributed by atoms with Crippen LogP contribution in [0.25, 0.3) is 32.9 Å². The van der Waals surface area contributed by atoms with Gasteiger partial charge in [-0.3, -0.25) is 9.36 Å². The quantitative estimate of drug-likeness (QED) is 0.278. The molecule has 4 aromatic rings. The molecule has 0 amide bonds. The Hall–Kier alpha value is -4.31. The number of ether oxygens (including phenoxy) is 2. The molecule has 8 rings (SSSR count). The molecule has 10 nitrogen and oxygen atoms in total. The lowest BCUT2D eigenvalue weighted by atomic mass is 9.95. The fourth-order valence-electron chi connectivity index (χ4n) is 7.62. The summed E-state index contributed by atoms with van der Waals surface area (Å²) in [5, 5.41) is 15.0. The van der Waals surface area contributed by atoms with Gasteiger partial charge in [-0.05, 0) is 63.4 Å². The lowest BCUT2D eigenvalue weighted by Crippen LogP contribution is -2.51. The van der Waals surface area contributed by atoms with Crippen molar-refractivity contribution in [1.82, 2.24) is 24.8 Å². The third kappa shape index (κ3) is 5.08. The first kappa shape index (κ1) is 30.1. The van der Waals surface area contributed by atoms with Crippen molar-refractivity contribution in [2.45, 2.75) is 43.8 Å². The minimum absolute atomic E-state index is 0.00601. The average Bonchev–Trinajstić information content (AvgIpc) is 3.70. The van der Waals surface area contributed by atoms with Crippen molar-refractivity contribution in [2.24, 2.45) is 5.41 Å². The number of phenolic OH excluding ortho intramolecular Hbond substituents is 1. The Morgan fingerprint density at radius 2 is 1.89 bits per heavy atom. The molecule has 5 heterocycles. The van der Waals surface area contributed by atoms with Gasteiger partial charge in [-0.1, -0.05) is 12.0 Å². The van der Waals surface area contributed by atoms with E-state index in [0.717, 1.165) is 32.2 Å². The van der Waals surface area contributed by atoms with Gasteiger partial charge < -0.3 is 29.7 Å². The second-order valence-corrected chi connectivity index (χ2v) is 13.8. The lowest BCUT2D eigenvalue weighted by Gasteiger charge is -2.35. The van der Waals surface area contributed by atoms with Gasteiger partial charge in [0.2, 0.25) is 0 Å². The van der Waals surface area contributed by atoms with E-state index in [1.165, 1.54) is 28.8 Å². The van der Waals surface area contributed by atoms with Crippen molar-refractivity contribution in [1.29, 1.82) is 0 Å². The van der Waals surface area contributed by atoms with Crippen LogP contribution in [-0.4, -0.2) is 90.2 Å². The van der Waals surface area contributed by atoms with E-state index in [2.05, 4.69) is 21.1 Å². The lowest BCUT2D eigenvalue weighted by molar-refractivity contribution is -0.0241. The number of nitrogens with one attached hydrogen (secondary N) is 1. The van der Waals surface area contributed by atoms with E-state index in [9.17, 15) is 9.90 Å². The zero-order chi connectivity index (χ0) is 32.6. The number of nitrogens with zero attached hydrogens (tertiary/aromatic N) is 5. The van der Waals surface area contributed by atoms with Gasteiger partial charge in [0.15, 0.2) is 5.82 Å². The van der Waals surface area contributed by atoms with Gasteiger partial charge in [0.25, 0.3) is 5.56 Å². The van der Waals surface area contributed by atoms with E-state index in [-0.39, 0.29) is 75.6 Å². The number of hydrogen-bond donors (Lipinski definition) is 2. The fourth-order valence-corrected chi connectivity index (χ4v) is 7.62. The third-order valence-electron chi connectivity index (χ3n) is 10.0. The summed E-state index contributed by atoms with van der Waals surface area (Å²) in [7, 11) is 4.03. The van der Waals surface area contributed by atoms with Gasteiger partial charge in [-0.25, -0.2) is 8.78 Å². The molecule has 2 aromatic heterocycles. The van der Waals surface area contributed by atoms with E-state index in [1.54, 1.807) is 0 Å². The van der Waals surface area contributed by atoms with Gasteiger partial charge in [-0.15, -0.1) is 6.42 Å². The number of benzene rings is 2. The molecule has 3 aliphatic heterocycles. The van der Waals surface area contributed by atoms with Crippen LogP contribution in [0.4, 0.5) is 14.6 Å². The van der Waals surface area contributed by atoms with Crippen molar-refractivity contribution in [3.8, 4) is 35.4 Å². The number of piperazine rings is 1. The van der Waals surface area contributed by atoms with Crippen LogP contribution in [0.1, 0.15) is 37.3 Å². The molecule has 2 N–H and O–H groups in total. The Kier molecular flexibility index (Phi) is 7.13. The first-order valence-corrected chi connectivity index (χ1v) is 16.1. The summed E-state index contributed by atoms with van der Waals surface area (Å²) in [6.45, 7) is 2.74. The Labute approximate surface area is 270 Å². The molecule has 2 atom stereocenters. The first-order chi connectivity index (χ1) is 22.6. The molecule has 0 radical (unpaired) electrons. The zero-order valence-corrected chi connectivity index (χ0v) is 26.4. The largest absolute Gasteiger partial charge is 0.508 e. The van der Waals surface area contributed by atoms with Crippen LogP contribution in [0.15, 0.2) is 29.1 Å². The molecular weight excluding hydrogens is 606 g/mol. The molecule has 12 heteroatoms. The number of pyridine rings is 1. The number of terminal acetylenes is 1. The van der Waals surface area contributed by atoms with E-state index < -0.39 is 23.2 Å². The van der Waals surface area contributed by atoms with Crippen molar-refractivity contribution < 1.29 is 23.4 Å². The molecule has 3 saturated heterocycles. The Morgan fingerprint density at radius 1 is 1.15 bits per heavy atom. The second kappa shape index (κ2) is 11.1. The topological polar surface area (TPSA) is 105 Å². The average molecular weight is 643 g/mol. The highest BCUT2D eigenvalue weighted by molar-refractivity contribution is 6.03. The molecule has 47 heavy (non-hydrogen) atoms. The van der Waals surface area contributed by atoms with Crippen LogP contribution in [-0.2, 0) is 4.74 Å². The number of hydrogen-bond acceptors (Lipinski definition) is 9. The Morgan fingerprint density at radius 3 is 2.53 bits per heavy atom. The van der Waals surface area contributed by atoms with Gasteiger partial charge in [0, 0.05) is 48.1 Å². The molecule has 2 unspecified atom stereocenters. The molecular formula is C35H36F2N6O4. The smallest absolute Gasteiger partial charge is 0.319 e. The summed E-state index contributed by atoms with van der Waals surface area (Å²) in [4.78, 5) is 28.3. The second-order valence-electron chi connectivity index (χ2n) is 13.8. The zero-order valence-electron chi connectivity index (χ0n) is 26.4. The Bertz CT molecular complexity index is 2020. The molecule has 4 fully saturated rings. The van der Waals surface area contributed by atoms with Gasteiger partial charge in [-0.2, -0.15) is 9.97 Å². The van der Waals surface area contributed by atoms with Crippen LogP contribution in [0, 0.1) is 29.4 Å². The number of aromatic hydroxyl groups is 1. The maximum atomic E-state index is 17.5. The summed E-state index contributed by atoms with van der Waals surface area (Å²) in [5.74, 6) is 1.05. The molecule has 1 saturated carbocycles. The van der Waals surface area contributed by atoms with E-state index in [1.807, 2.05) is 19.0 Å². The summed E-state index contributed by atoms with van der Waals surface area (Å²) in [6, 6.07) is 5.34. The van der Waals surface area contributed by atoms with Crippen molar-refractivity contribution in [3.63, 3.8) is 0 Å². The van der Waals surface area contributed by atoms with Gasteiger partial charge in [0.05, 0.1) is 37.1 Å². The maximum Gasteiger partial charge on any atom is 0.319 e. The summed E-state index contributed by atoms with van der Waals surface area (Å²) in [5.41, 5.74) is -0.898.